The van der Waals surface area contributed by atoms with Gasteiger partial charge in [-0.25, -0.2) is 4.79 Å². The lowest BCUT2D eigenvalue weighted by Crippen LogP contribution is -2.21. The Bertz CT molecular complexity index is 679. The molecule has 0 radical (unpaired) electrons. The van der Waals surface area contributed by atoms with Crippen LogP contribution in [0, 0.1) is 0 Å². The van der Waals surface area contributed by atoms with Crippen LogP contribution in [-0.2, 0) is 17.5 Å². The second-order valence-corrected chi connectivity index (χ2v) is 4.08. The van der Waals surface area contributed by atoms with E-state index in [2.05, 4.69) is 10.2 Å². The molecular weight excluding hydrogens is 348 g/mol. The molecule has 0 saturated carbocycles. The van der Waals surface area contributed by atoms with Crippen LogP contribution < -0.4 is 5.73 Å². The molecule has 0 bridgehead atoms. The number of carboxylic acid groups (broad SMARTS) is 1. The lowest BCUT2D eigenvalue weighted by atomic mass is 10.1. The van der Waals surface area contributed by atoms with Crippen LogP contribution in [-0.4, -0.2) is 27.4 Å². The smallest absolute Gasteiger partial charge is 0.475 e. The van der Waals surface area contributed by atoms with Gasteiger partial charge >= 0.3 is 18.3 Å². The van der Waals surface area contributed by atoms with E-state index < -0.39 is 23.9 Å². The van der Waals surface area contributed by atoms with Crippen LogP contribution in [0.1, 0.15) is 11.5 Å². The van der Waals surface area contributed by atoms with Gasteiger partial charge in [-0.05, 0) is 24.3 Å². The summed E-state index contributed by atoms with van der Waals surface area (Å²) in [4.78, 5) is 8.90. The van der Waals surface area contributed by atoms with Gasteiger partial charge in [-0.2, -0.15) is 26.3 Å². The van der Waals surface area contributed by atoms with Crippen molar-refractivity contribution in [3.63, 3.8) is 0 Å². The van der Waals surface area contributed by atoms with Gasteiger partial charge in [-0.1, -0.05) is 0 Å². The number of aliphatic carboxylic acids is 1. The molecule has 1 aromatic heterocycles. The minimum Gasteiger partial charge on any atom is -0.475 e. The van der Waals surface area contributed by atoms with E-state index in [4.69, 9.17) is 20.1 Å². The van der Waals surface area contributed by atoms with Gasteiger partial charge in [-0.3, -0.25) is 0 Å². The average molecular weight is 357 g/mol. The first-order valence-electron chi connectivity index (χ1n) is 5.95. The molecular formula is C12H9F6N3O3. The Morgan fingerprint density at radius 2 is 1.58 bits per heavy atom. The number of carboxylic acids is 1. The molecule has 0 aliphatic rings. The zero-order valence-corrected chi connectivity index (χ0v) is 11.5. The molecule has 0 aliphatic carbocycles. The van der Waals surface area contributed by atoms with E-state index >= 15 is 0 Å². The van der Waals surface area contributed by atoms with Crippen LogP contribution in [0.2, 0.25) is 0 Å². The Labute approximate surface area is 129 Å². The van der Waals surface area contributed by atoms with Gasteiger partial charge < -0.3 is 15.3 Å². The number of nitrogens with two attached hydrogens (primary N) is 1. The number of hydrogen-bond acceptors (Lipinski definition) is 5. The number of halogens is 6. The van der Waals surface area contributed by atoms with Gasteiger partial charge in [0.05, 0.1) is 12.1 Å². The SMILES string of the molecule is NCc1nnc(-c2ccc(C(F)(F)F)cc2)o1.O=C(O)C(F)(F)F. The predicted molar refractivity (Wildman–Crippen MR) is 66.3 cm³/mol. The standard InChI is InChI=1S/C10H8F3N3O.C2HF3O2/c11-10(12,13)7-3-1-6(2-4-7)9-16-15-8(5-14)17-9;3-2(4,5)1(6)7/h1-4H,5,14H2;(H,6,7). The topological polar surface area (TPSA) is 102 Å². The van der Waals surface area contributed by atoms with Crippen LogP contribution in [0.5, 0.6) is 0 Å². The lowest BCUT2D eigenvalue weighted by molar-refractivity contribution is -0.192. The second-order valence-electron chi connectivity index (χ2n) is 4.08. The van der Waals surface area contributed by atoms with E-state index in [0.717, 1.165) is 12.1 Å². The summed E-state index contributed by atoms with van der Waals surface area (Å²) in [5, 5.41) is 14.4. The monoisotopic (exact) mass is 357 g/mol. The second kappa shape index (κ2) is 7.29. The summed E-state index contributed by atoms with van der Waals surface area (Å²) in [6, 6.07) is 4.47. The molecule has 24 heavy (non-hydrogen) atoms. The van der Waals surface area contributed by atoms with Crippen LogP contribution >= 0.6 is 0 Å². The zero-order valence-electron chi connectivity index (χ0n) is 11.5. The van der Waals surface area contributed by atoms with E-state index in [-0.39, 0.29) is 18.3 Å². The van der Waals surface area contributed by atoms with E-state index in [1.807, 2.05) is 0 Å². The van der Waals surface area contributed by atoms with Gasteiger partial charge in [-0.15, -0.1) is 10.2 Å². The summed E-state index contributed by atoms with van der Waals surface area (Å²) in [6.07, 6.45) is -9.43. The highest BCUT2D eigenvalue weighted by Gasteiger charge is 2.38. The molecule has 0 amide bonds. The van der Waals surface area contributed by atoms with Crippen LogP contribution in [0.4, 0.5) is 26.3 Å². The molecule has 1 heterocycles. The Kier molecular flexibility index (Phi) is 5.90. The van der Waals surface area contributed by atoms with E-state index in [0.29, 0.717) is 5.56 Å². The zero-order chi connectivity index (χ0) is 18.5. The Hall–Kier alpha value is -2.63. The fourth-order valence-electron chi connectivity index (χ4n) is 1.25. The van der Waals surface area contributed by atoms with E-state index in [1.54, 1.807) is 0 Å². The van der Waals surface area contributed by atoms with Crippen molar-refractivity contribution in [2.75, 3.05) is 0 Å². The summed E-state index contributed by atoms with van der Waals surface area (Å²) >= 11 is 0. The molecule has 6 nitrogen and oxygen atoms in total. The van der Waals surface area contributed by atoms with Crippen LogP contribution in [0.15, 0.2) is 28.7 Å². The largest absolute Gasteiger partial charge is 0.490 e. The first-order valence-corrected chi connectivity index (χ1v) is 5.95. The minimum absolute atomic E-state index is 0.0909. The number of hydrogen-bond donors (Lipinski definition) is 2. The van der Waals surface area contributed by atoms with Crippen molar-refractivity contribution in [1.29, 1.82) is 0 Å². The van der Waals surface area contributed by atoms with Crippen molar-refractivity contribution in [3.05, 3.63) is 35.7 Å². The average Bonchev–Trinajstić information content (AvgIpc) is 2.95. The molecule has 0 aliphatic heterocycles. The summed E-state index contributed by atoms with van der Waals surface area (Å²) in [7, 11) is 0. The van der Waals surface area contributed by atoms with Gasteiger partial charge in [0.25, 0.3) is 0 Å². The minimum atomic E-state index is -5.08. The van der Waals surface area contributed by atoms with Crippen LogP contribution in [0.3, 0.4) is 0 Å². The van der Waals surface area contributed by atoms with Crippen molar-refractivity contribution in [2.45, 2.75) is 18.9 Å². The third-order valence-corrected chi connectivity index (χ3v) is 2.34. The van der Waals surface area contributed by atoms with Crippen LogP contribution in [0.25, 0.3) is 11.5 Å². The molecule has 2 aromatic rings. The summed E-state index contributed by atoms with van der Waals surface area (Å²) in [6.45, 7) is 0.0909. The molecule has 0 unspecified atom stereocenters. The molecule has 2 rings (SSSR count). The number of benzene rings is 1. The van der Waals surface area contributed by atoms with Gasteiger partial charge in [0.15, 0.2) is 0 Å². The maximum atomic E-state index is 12.3. The summed E-state index contributed by atoms with van der Waals surface area (Å²) in [5.41, 5.74) is 4.98. The fraction of sp³-hybridized carbons (Fsp3) is 0.250. The predicted octanol–water partition coefficient (Wildman–Crippen LogP) is 2.85. The first-order chi connectivity index (χ1) is 10.9. The van der Waals surface area contributed by atoms with Crippen molar-refractivity contribution in [1.82, 2.24) is 10.2 Å². The molecule has 0 atom stereocenters. The third kappa shape index (κ3) is 5.53. The molecule has 0 saturated heterocycles. The summed E-state index contributed by atoms with van der Waals surface area (Å²) in [5.74, 6) is -2.37. The maximum Gasteiger partial charge on any atom is 0.490 e. The molecule has 3 N–H and O–H groups in total. The van der Waals surface area contributed by atoms with Gasteiger partial charge in [0, 0.05) is 5.56 Å². The Morgan fingerprint density at radius 1 is 1.08 bits per heavy atom. The van der Waals surface area contributed by atoms with E-state index in [9.17, 15) is 26.3 Å². The lowest BCUT2D eigenvalue weighted by Gasteiger charge is -2.05. The third-order valence-electron chi connectivity index (χ3n) is 2.34. The maximum absolute atomic E-state index is 12.3. The van der Waals surface area contributed by atoms with E-state index in [1.165, 1.54) is 12.1 Å². The van der Waals surface area contributed by atoms with Crippen molar-refractivity contribution in [3.8, 4) is 11.5 Å². The molecule has 0 fully saturated rings. The number of rotatable bonds is 2. The summed E-state index contributed by atoms with van der Waals surface area (Å²) < 4.78 is 73.8. The van der Waals surface area contributed by atoms with Crippen molar-refractivity contribution in [2.24, 2.45) is 5.73 Å². The highest BCUT2D eigenvalue weighted by atomic mass is 19.4. The molecule has 12 heteroatoms. The fourth-order valence-corrected chi connectivity index (χ4v) is 1.25. The number of carbonyl (C=O) groups is 1. The molecule has 1 aromatic carbocycles. The van der Waals surface area contributed by atoms with Crippen molar-refractivity contribution < 1.29 is 40.7 Å². The molecule has 0 spiro atoms. The first kappa shape index (κ1) is 19.4. The number of aromatic nitrogens is 2. The Morgan fingerprint density at radius 3 is 1.92 bits per heavy atom. The normalized spacial score (nSPS) is 11.6. The van der Waals surface area contributed by atoms with Crippen molar-refractivity contribution >= 4 is 5.97 Å². The van der Waals surface area contributed by atoms with Gasteiger partial charge in [0.2, 0.25) is 11.8 Å². The highest BCUT2D eigenvalue weighted by Crippen LogP contribution is 2.30. The van der Waals surface area contributed by atoms with Gasteiger partial charge in [0.1, 0.15) is 0 Å². The number of nitrogens with zero attached hydrogens (tertiary/aromatic N) is 2. The highest BCUT2D eigenvalue weighted by molar-refractivity contribution is 5.73. The molecule has 132 valence electrons. The Balaban J connectivity index is 0.000000351. The quantitative estimate of drug-likeness (QED) is 0.802. The number of alkyl halides is 6.